The summed E-state index contributed by atoms with van der Waals surface area (Å²) in [6, 6.07) is 29.9. The Morgan fingerprint density at radius 3 is 1.70 bits per heavy atom. The number of hydrogen-bond donors (Lipinski definition) is 0. The first kappa shape index (κ1) is 23.8. The van der Waals surface area contributed by atoms with E-state index in [0.717, 1.165) is 22.7 Å². The average Bonchev–Trinajstić information content (AvgIpc) is 2.86. The second-order valence-electron chi connectivity index (χ2n) is 10.5. The van der Waals surface area contributed by atoms with Crippen LogP contribution in [0.3, 0.4) is 0 Å². The van der Waals surface area contributed by atoms with Gasteiger partial charge in [-0.25, -0.2) is 0 Å². The smallest absolute Gasteiger partial charge is 0.158 e. The second kappa shape index (κ2) is 8.47. The largest absolute Gasteiger partial charge is 0.598 e. The Morgan fingerprint density at radius 1 is 0.649 bits per heavy atom. The van der Waals surface area contributed by atoms with E-state index in [4.69, 9.17) is 10.2 Å². The van der Waals surface area contributed by atoms with Crippen molar-refractivity contribution in [3.05, 3.63) is 107 Å². The summed E-state index contributed by atoms with van der Waals surface area (Å²) in [4.78, 5) is 1.19. The summed E-state index contributed by atoms with van der Waals surface area (Å²) < 4.78 is 4.91. The van der Waals surface area contributed by atoms with Crippen LogP contribution in [0.15, 0.2) is 100 Å². The van der Waals surface area contributed by atoms with E-state index in [1.165, 1.54) is 32.8 Å². The summed E-state index contributed by atoms with van der Waals surface area (Å²) >= 11 is 1.84. The van der Waals surface area contributed by atoms with Gasteiger partial charge in [-0.15, -0.1) is 0 Å². The monoisotopic (exact) mass is 506 g/mol. The van der Waals surface area contributed by atoms with Crippen molar-refractivity contribution >= 4 is 40.2 Å². The molecule has 5 nitrogen and oxygen atoms in total. The van der Waals surface area contributed by atoms with E-state index in [-0.39, 0.29) is 0 Å². The van der Waals surface area contributed by atoms with E-state index in [9.17, 15) is 0 Å². The van der Waals surface area contributed by atoms with Crippen molar-refractivity contribution in [3.8, 4) is 0 Å². The summed E-state index contributed by atoms with van der Waals surface area (Å²) in [6.45, 7) is 8.67. The average molecular weight is 507 g/mol. The first-order chi connectivity index (χ1) is 17.7. The summed E-state index contributed by atoms with van der Waals surface area (Å²) in [5.74, 6) is 0. The minimum atomic E-state index is -0.761. The highest BCUT2D eigenvalue weighted by Crippen LogP contribution is 2.58. The van der Waals surface area contributed by atoms with Gasteiger partial charge in [-0.3, -0.25) is 0 Å². The maximum atomic E-state index is 5.40. The van der Waals surface area contributed by atoms with Crippen molar-refractivity contribution in [1.29, 1.82) is 0 Å². The standard InChI is InChI=1S/C31H32N5S/c1-21-17-23(3)29-27(19-21)32-34(25-13-9-7-10-14-25)31(36(29,5)6)35(26-15-11-8-12-16-26)33-28-20-22(2)18-24(4)30(28)37-31/h7-20H,1-6H3/q+3. The molecule has 1 atom stereocenters. The number of rotatable bonds is 2. The SMILES string of the molecule is Cc1cc(C)c2c(c1)N=[N+](c1ccccc1)C1(S2)[N+](c2ccccc2)=Nc2cc(C)cc(C)c2[N+]1(C)C. The second-order valence-corrected chi connectivity index (χ2v) is 11.7. The number of aryl methyl sites for hydroxylation is 4. The first-order valence-corrected chi connectivity index (χ1v) is 13.4. The molecule has 6 heteroatoms. The van der Waals surface area contributed by atoms with Gasteiger partial charge in [-0.05, 0) is 56.5 Å². The number of thioether (sulfide) groups is 1. The molecule has 184 valence electrons. The van der Waals surface area contributed by atoms with E-state index in [2.05, 4.69) is 136 Å². The summed E-state index contributed by atoms with van der Waals surface area (Å²) in [5.41, 5.74) is 10.1. The molecule has 6 rings (SSSR count). The van der Waals surface area contributed by atoms with E-state index < -0.39 is 5.12 Å². The molecular formula is C31H32N5S+3. The van der Waals surface area contributed by atoms with Crippen LogP contribution in [0.4, 0.5) is 28.4 Å². The molecule has 0 bridgehead atoms. The van der Waals surface area contributed by atoms with Gasteiger partial charge in [0.15, 0.2) is 11.4 Å². The molecule has 0 saturated heterocycles. The molecule has 0 aromatic heterocycles. The maximum absolute atomic E-state index is 5.40. The molecule has 37 heavy (non-hydrogen) atoms. The van der Waals surface area contributed by atoms with Crippen molar-refractivity contribution in [2.24, 2.45) is 10.2 Å². The number of quaternary nitrogens is 1. The molecule has 0 N–H and O–H groups in total. The Balaban J connectivity index is 1.78. The van der Waals surface area contributed by atoms with Gasteiger partial charge in [0, 0.05) is 40.1 Å². The van der Waals surface area contributed by atoms with Gasteiger partial charge >= 0.3 is 5.12 Å². The zero-order valence-electron chi connectivity index (χ0n) is 22.2. The van der Waals surface area contributed by atoms with Crippen molar-refractivity contribution in [1.82, 2.24) is 4.48 Å². The predicted octanol–water partition coefficient (Wildman–Crippen LogP) is 8.77. The predicted molar refractivity (Wildman–Crippen MR) is 151 cm³/mol. The van der Waals surface area contributed by atoms with Crippen molar-refractivity contribution < 1.29 is 9.39 Å². The van der Waals surface area contributed by atoms with E-state index in [1.807, 2.05) is 11.8 Å². The third-order valence-corrected chi connectivity index (χ3v) is 9.13. The number of benzene rings is 4. The molecule has 1 spiro atoms. The molecule has 2 aliphatic rings. The lowest BCUT2D eigenvalue weighted by molar-refractivity contribution is -0.806. The van der Waals surface area contributed by atoms with Crippen molar-refractivity contribution in [2.45, 2.75) is 37.7 Å². The van der Waals surface area contributed by atoms with Gasteiger partial charge < -0.3 is 0 Å². The molecule has 4 aromatic carbocycles. The number of para-hydroxylation sites is 2. The molecular weight excluding hydrogens is 474 g/mol. The zero-order valence-corrected chi connectivity index (χ0v) is 23.0. The molecule has 0 amide bonds. The molecule has 4 aromatic rings. The van der Waals surface area contributed by atoms with Crippen LogP contribution in [0.1, 0.15) is 22.3 Å². The fourth-order valence-corrected chi connectivity index (χ4v) is 7.35. The fraction of sp³-hybridized carbons (Fsp3) is 0.226. The number of azo groups is 4. The number of nitrogens with zero attached hydrogens (tertiary/aromatic N) is 5. The fourth-order valence-electron chi connectivity index (χ4n) is 5.86. The van der Waals surface area contributed by atoms with Crippen LogP contribution in [0, 0.1) is 27.7 Å². The minimum Gasteiger partial charge on any atom is -0.158 e. The van der Waals surface area contributed by atoms with E-state index in [0.29, 0.717) is 4.48 Å². The summed E-state index contributed by atoms with van der Waals surface area (Å²) in [7, 11) is 4.58. The lowest BCUT2D eigenvalue weighted by Crippen LogP contribution is -2.69. The summed E-state index contributed by atoms with van der Waals surface area (Å²) in [6.07, 6.45) is 0. The molecule has 2 heterocycles. The van der Waals surface area contributed by atoms with Crippen LogP contribution in [0.25, 0.3) is 0 Å². The zero-order chi connectivity index (χ0) is 25.9. The van der Waals surface area contributed by atoms with Crippen molar-refractivity contribution in [2.75, 3.05) is 14.1 Å². The molecule has 0 fully saturated rings. The van der Waals surface area contributed by atoms with Crippen LogP contribution in [-0.2, 0) is 0 Å². The molecule has 0 saturated carbocycles. The van der Waals surface area contributed by atoms with Gasteiger partial charge in [0.2, 0.25) is 11.4 Å². The minimum absolute atomic E-state index is 0.530. The van der Waals surface area contributed by atoms with Gasteiger partial charge in [0.25, 0.3) is 0 Å². The third kappa shape index (κ3) is 3.50. The van der Waals surface area contributed by atoms with E-state index >= 15 is 0 Å². The lowest BCUT2D eigenvalue weighted by atomic mass is 10.1. The van der Waals surface area contributed by atoms with Crippen LogP contribution in [0.5, 0.6) is 0 Å². The maximum Gasteiger partial charge on any atom is 0.598 e. The van der Waals surface area contributed by atoms with Crippen LogP contribution >= 0.6 is 11.8 Å². The molecule has 0 radical (unpaired) electrons. The molecule has 1 unspecified atom stereocenters. The quantitative estimate of drug-likeness (QED) is 0.197. The highest BCUT2D eigenvalue weighted by Gasteiger charge is 2.77. The lowest BCUT2D eigenvalue weighted by Gasteiger charge is -2.40. The Bertz CT molecular complexity index is 1550. The highest BCUT2D eigenvalue weighted by atomic mass is 32.2. The first-order valence-electron chi connectivity index (χ1n) is 12.6. The van der Waals surface area contributed by atoms with Crippen LogP contribution in [0.2, 0.25) is 0 Å². The topological polar surface area (TPSA) is 30.7 Å². The van der Waals surface area contributed by atoms with Crippen LogP contribution in [-0.4, -0.2) is 28.6 Å². The summed E-state index contributed by atoms with van der Waals surface area (Å²) in [5, 5.41) is 10.0. The Kier molecular flexibility index (Phi) is 5.44. The Morgan fingerprint density at radius 2 is 1.14 bits per heavy atom. The van der Waals surface area contributed by atoms with Crippen molar-refractivity contribution in [3.63, 3.8) is 0 Å². The highest BCUT2D eigenvalue weighted by molar-refractivity contribution is 8.00. The normalized spacial score (nSPS) is 19.6. The third-order valence-electron chi connectivity index (χ3n) is 7.32. The Labute approximate surface area is 223 Å². The van der Waals surface area contributed by atoms with E-state index in [1.54, 1.807) is 0 Å². The Hall–Kier alpha value is -3.61. The van der Waals surface area contributed by atoms with Gasteiger partial charge in [0.1, 0.15) is 17.4 Å². The van der Waals surface area contributed by atoms with Gasteiger partial charge in [0.05, 0.1) is 28.4 Å². The number of hydrogen-bond acceptors (Lipinski definition) is 3. The van der Waals surface area contributed by atoms with Gasteiger partial charge in [-0.2, -0.15) is 4.48 Å². The molecule has 0 aliphatic carbocycles. The van der Waals surface area contributed by atoms with Crippen LogP contribution < -0.4 is 4.48 Å². The molecule has 2 aliphatic heterocycles. The number of fused-ring (bicyclic) bond motifs is 2. The van der Waals surface area contributed by atoms with Gasteiger partial charge in [-0.1, -0.05) is 48.5 Å².